The molecule has 48 valence electrons. The predicted molar refractivity (Wildman–Crippen MR) is 33.9 cm³/mol. The quantitative estimate of drug-likeness (QED) is 0.510. The molecule has 1 aromatic heterocycles. The van der Waals surface area contributed by atoms with Crippen molar-refractivity contribution >= 4 is 11.6 Å². The molecule has 0 aliphatic rings. The minimum atomic E-state index is -0.340. The van der Waals surface area contributed by atoms with Crippen molar-refractivity contribution in [2.45, 2.75) is 6.92 Å². The molecule has 1 nitrogen and oxygen atoms in total. The van der Waals surface area contributed by atoms with Crippen molar-refractivity contribution < 1.29 is 4.39 Å². The smallest absolute Gasteiger partial charge is 0.132 e. The van der Waals surface area contributed by atoms with Gasteiger partial charge < -0.3 is 0 Å². The Hall–Kier alpha value is -0.630. The number of aryl methyl sites for hydroxylation is 1. The number of hydrogen-bond acceptors (Lipinski definition) is 1. The summed E-state index contributed by atoms with van der Waals surface area (Å²) >= 11 is 5.40. The maximum absolute atomic E-state index is 12.3. The van der Waals surface area contributed by atoms with Gasteiger partial charge in [-0.15, -0.1) is 0 Å². The molecule has 0 aliphatic heterocycles. The third kappa shape index (κ3) is 1.64. The number of halogens is 2. The Balaban J connectivity index is 3.17. The molecule has 0 N–H and O–H groups in total. The lowest BCUT2D eigenvalue weighted by molar-refractivity contribution is 0.624. The SMILES string of the molecule is Cc1cc(F)cc(Cl)n1. The molecule has 9 heavy (non-hydrogen) atoms. The van der Waals surface area contributed by atoms with Gasteiger partial charge in [0.25, 0.3) is 0 Å². The highest BCUT2D eigenvalue weighted by Crippen LogP contribution is 2.07. The van der Waals surface area contributed by atoms with E-state index >= 15 is 0 Å². The Bertz CT molecular complexity index is 174. The second-order valence-electron chi connectivity index (χ2n) is 1.75. The summed E-state index contributed by atoms with van der Waals surface area (Å²) in [5.41, 5.74) is 0.597. The highest BCUT2D eigenvalue weighted by molar-refractivity contribution is 6.29. The van der Waals surface area contributed by atoms with Gasteiger partial charge in [-0.3, -0.25) is 0 Å². The van der Waals surface area contributed by atoms with Crippen molar-refractivity contribution in [3.05, 3.63) is 28.8 Å². The van der Waals surface area contributed by atoms with Gasteiger partial charge in [-0.25, -0.2) is 9.37 Å². The molecule has 1 aromatic rings. The molecule has 0 bridgehead atoms. The van der Waals surface area contributed by atoms with Gasteiger partial charge in [-0.05, 0) is 13.0 Å². The first-order chi connectivity index (χ1) is 4.18. The van der Waals surface area contributed by atoms with Crippen molar-refractivity contribution in [3.8, 4) is 0 Å². The normalized spacial score (nSPS) is 9.67. The molecule has 1 heterocycles. The second kappa shape index (κ2) is 2.31. The van der Waals surface area contributed by atoms with Crippen molar-refractivity contribution in [2.24, 2.45) is 0 Å². The molecule has 0 unspecified atom stereocenters. The van der Waals surface area contributed by atoms with E-state index in [0.717, 1.165) is 0 Å². The zero-order valence-corrected chi connectivity index (χ0v) is 5.61. The first-order valence-electron chi connectivity index (χ1n) is 2.48. The molecule has 0 fully saturated rings. The van der Waals surface area contributed by atoms with Crippen LogP contribution >= 0.6 is 11.6 Å². The van der Waals surface area contributed by atoms with Gasteiger partial charge in [0.15, 0.2) is 0 Å². The highest BCUT2D eigenvalue weighted by atomic mass is 35.5. The van der Waals surface area contributed by atoms with Crippen molar-refractivity contribution in [1.82, 2.24) is 4.98 Å². The molecule has 3 heteroatoms. The molecule has 0 aromatic carbocycles. The molecule has 0 saturated carbocycles. The van der Waals surface area contributed by atoms with Gasteiger partial charge in [-0.2, -0.15) is 0 Å². The zero-order valence-electron chi connectivity index (χ0n) is 4.86. The third-order valence-electron chi connectivity index (χ3n) is 0.887. The van der Waals surface area contributed by atoms with E-state index < -0.39 is 0 Å². The van der Waals surface area contributed by atoms with E-state index in [1.807, 2.05) is 0 Å². The first-order valence-corrected chi connectivity index (χ1v) is 2.86. The second-order valence-corrected chi connectivity index (χ2v) is 2.14. The molecule has 0 spiro atoms. The molecule has 0 saturated heterocycles. The number of hydrogen-bond donors (Lipinski definition) is 0. The monoisotopic (exact) mass is 145 g/mol. The lowest BCUT2D eigenvalue weighted by Crippen LogP contribution is -1.82. The fourth-order valence-electron chi connectivity index (χ4n) is 0.588. The van der Waals surface area contributed by atoms with Gasteiger partial charge in [0.1, 0.15) is 11.0 Å². The minimum absolute atomic E-state index is 0.201. The molecule has 0 radical (unpaired) electrons. The van der Waals surface area contributed by atoms with Gasteiger partial charge in [0, 0.05) is 11.8 Å². The van der Waals surface area contributed by atoms with E-state index in [9.17, 15) is 4.39 Å². The van der Waals surface area contributed by atoms with Crippen LogP contribution in [0.5, 0.6) is 0 Å². The average Bonchev–Trinajstić information content (AvgIpc) is 1.59. The average molecular weight is 146 g/mol. The molecular weight excluding hydrogens is 141 g/mol. The fraction of sp³-hybridized carbons (Fsp3) is 0.167. The van der Waals surface area contributed by atoms with Crippen molar-refractivity contribution in [3.63, 3.8) is 0 Å². The van der Waals surface area contributed by atoms with Crippen LogP contribution < -0.4 is 0 Å². The Labute approximate surface area is 57.5 Å². The van der Waals surface area contributed by atoms with E-state index in [2.05, 4.69) is 4.98 Å². The summed E-state index contributed by atoms with van der Waals surface area (Å²) < 4.78 is 12.3. The summed E-state index contributed by atoms with van der Waals surface area (Å²) in [6, 6.07) is 2.50. The summed E-state index contributed by atoms with van der Waals surface area (Å²) in [6.45, 7) is 1.69. The van der Waals surface area contributed by atoms with Crippen molar-refractivity contribution in [2.75, 3.05) is 0 Å². The highest BCUT2D eigenvalue weighted by Gasteiger charge is 1.93. The maximum atomic E-state index is 12.3. The molecule has 0 amide bonds. The topological polar surface area (TPSA) is 12.9 Å². The summed E-state index contributed by atoms with van der Waals surface area (Å²) in [5, 5.41) is 0.201. The van der Waals surface area contributed by atoms with Crippen LogP contribution in [0.4, 0.5) is 4.39 Å². The zero-order chi connectivity index (χ0) is 6.85. The van der Waals surface area contributed by atoms with Gasteiger partial charge in [0.2, 0.25) is 0 Å². The molecule has 0 aliphatic carbocycles. The third-order valence-corrected chi connectivity index (χ3v) is 1.08. The van der Waals surface area contributed by atoms with Crippen LogP contribution in [0.1, 0.15) is 5.69 Å². The lowest BCUT2D eigenvalue weighted by atomic mass is 10.4. The van der Waals surface area contributed by atoms with Crippen LogP contribution in [0, 0.1) is 12.7 Å². The van der Waals surface area contributed by atoms with Gasteiger partial charge >= 0.3 is 0 Å². The summed E-state index contributed by atoms with van der Waals surface area (Å²) in [6.07, 6.45) is 0. The Morgan fingerprint density at radius 1 is 1.56 bits per heavy atom. The fourth-order valence-corrected chi connectivity index (χ4v) is 0.826. The van der Waals surface area contributed by atoms with Gasteiger partial charge in [-0.1, -0.05) is 11.6 Å². The maximum Gasteiger partial charge on any atom is 0.132 e. The summed E-state index contributed by atoms with van der Waals surface area (Å²) in [4.78, 5) is 3.76. The minimum Gasteiger partial charge on any atom is -0.241 e. The lowest BCUT2D eigenvalue weighted by Gasteiger charge is -1.91. The number of aromatic nitrogens is 1. The summed E-state index contributed by atoms with van der Waals surface area (Å²) in [7, 11) is 0. The van der Waals surface area contributed by atoms with Crippen LogP contribution in [-0.2, 0) is 0 Å². The van der Waals surface area contributed by atoms with Crippen molar-refractivity contribution in [1.29, 1.82) is 0 Å². The van der Waals surface area contributed by atoms with Crippen LogP contribution in [-0.4, -0.2) is 4.98 Å². The molecular formula is C6H5ClFN. The first kappa shape index (κ1) is 6.49. The Morgan fingerprint density at radius 2 is 2.22 bits per heavy atom. The van der Waals surface area contributed by atoms with E-state index in [1.165, 1.54) is 12.1 Å². The summed E-state index contributed by atoms with van der Waals surface area (Å²) in [5.74, 6) is -0.340. The molecule has 1 rings (SSSR count). The van der Waals surface area contributed by atoms with E-state index in [0.29, 0.717) is 5.69 Å². The predicted octanol–water partition coefficient (Wildman–Crippen LogP) is 2.18. The van der Waals surface area contributed by atoms with Crippen LogP contribution in [0.3, 0.4) is 0 Å². The van der Waals surface area contributed by atoms with Gasteiger partial charge in [0.05, 0.1) is 0 Å². The van der Waals surface area contributed by atoms with Crippen LogP contribution in [0.15, 0.2) is 12.1 Å². The number of pyridine rings is 1. The van der Waals surface area contributed by atoms with E-state index in [1.54, 1.807) is 6.92 Å². The van der Waals surface area contributed by atoms with E-state index in [4.69, 9.17) is 11.6 Å². The standard InChI is InChI=1S/C6H5ClFN/c1-4-2-5(8)3-6(7)9-4/h2-3H,1H3. The van der Waals surface area contributed by atoms with Crippen LogP contribution in [0.25, 0.3) is 0 Å². The van der Waals surface area contributed by atoms with E-state index in [-0.39, 0.29) is 11.0 Å². The largest absolute Gasteiger partial charge is 0.241 e. The number of rotatable bonds is 0. The number of nitrogens with zero attached hydrogens (tertiary/aromatic N) is 1. The Kier molecular flexibility index (Phi) is 1.67. The van der Waals surface area contributed by atoms with Crippen LogP contribution in [0.2, 0.25) is 5.15 Å². The Morgan fingerprint density at radius 3 is 2.67 bits per heavy atom. The molecule has 0 atom stereocenters.